The number of pyridine rings is 1. The average molecular weight is 392 g/mol. The van der Waals surface area contributed by atoms with Crippen molar-refractivity contribution >= 4 is 27.3 Å². The van der Waals surface area contributed by atoms with Gasteiger partial charge in [-0.05, 0) is 36.2 Å². The first-order valence-corrected chi connectivity index (χ1v) is 9.73. The number of carbonyl (C=O) groups is 1. The van der Waals surface area contributed by atoms with Crippen LogP contribution in [0.4, 0.5) is 5.13 Å². The highest BCUT2D eigenvalue weighted by Crippen LogP contribution is 2.25. The molecule has 0 atom stereocenters. The number of hydrogen-bond acceptors (Lipinski definition) is 6. The summed E-state index contributed by atoms with van der Waals surface area (Å²) >= 11 is 1.51. The van der Waals surface area contributed by atoms with Crippen LogP contribution < -0.4 is 5.32 Å². The Labute approximate surface area is 166 Å². The minimum Gasteiger partial charge on any atom is -0.360 e. The van der Waals surface area contributed by atoms with Gasteiger partial charge < -0.3 is 10.2 Å². The molecule has 0 aliphatic heterocycles. The Bertz CT molecular complexity index is 1070. The number of aromatic nitrogens is 4. The topological polar surface area (TPSA) is 75.4 Å². The molecule has 0 spiro atoms. The molecule has 4 rings (SSSR count). The fraction of sp³-hybridized carbons (Fsp3) is 0.200. The average Bonchev–Trinajstić information content (AvgIpc) is 3.27. The van der Waals surface area contributed by atoms with Crippen molar-refractivity contribution in [1.82, 2.24) is 24.5 Å². The van der Waals surface area contributed by atoms with Crippen molar-refractivity contribution in [2.75, 3.05) is 26.0 Å². The molecule has 0 bridgehead atoms. The number of imidazole rings is 1. The van der Waals surface area contributed by atoms with Crippen LogP contribution >= 0.6 is 11.3 Å². The third-order valence-corrected chi connectivity index (χ3v) is 5.17. The molecule has 28 heavy (non-hydrogen) atoms. The molecule has 0 unspecified atom stereocenters. The van der Waals surface area contributed by atoms with E-state index in [2.05, 4.69) is 20.4 Å². The predicted molar refractivity (Wildman–Crippen MR) is 111 cm³/mol. The van der Waals surface area contributed by atoms with E-state index in [0.29, 0.717) is 5.56 Å². The van der Waals surface area contributed by atoms with Gasteiger partial charge in [-0.1, -0.05) is 23.5 Å². The summed E-state index contributed by atoms with van der Waals surface area (Å²) in [6.07, 6.45) is 6.40. The Morgan fingerprint density at radius 2 is 2.04 bits per heavy atom. The Morgan fingerprint density at radius 3 is 2.79 bits per heavy atom. The molecule has 0 aliphatic carbocycles. The Balaban J connectivity index is 1.47. The van der Waals surface area contributed by atoms with Gasteiger partial charge in [0.1, 0.15) is 0 Å². The zero-order valence-corrected chi connectivity index (χ0v) is 16.5. The van der Waals surface area contributed by atoms with Crippen LogP contribution in [0.5, 0.6) is 0 Å². The molecular formula is C20H20N6OS. The van der Waals surface area contributed by atoms with E-state index < -0.39 is 0 Å². The van der Waals surface area contributed by atoms with Gasteiger partial charge in [-0.2, -0.15) is 0 Å². The second-order valence-electron chi connectivity index (χ2n) is 6.57. The maximum atomic E-state index is 12.2. The number of nitrogens with zero attached hydrogens (tertiary/aromatic N) is 5. The standard InChI is InChI=1S/C20H20N6OS/c1-25(2)18(27)16-5-3-4-15(12-16)17-13-26-20(23-17)28-19(24-26)22-11-8-14-6-9-21-10-7-14/h3-7,9-10,12-13H,8,11H2,1-2H3,(H,22,24). The molecule has 0 fully saturated rings. The van der Waals surface area contributed by atoms with E-state index in [1.807, 2.05) is 42.6 Å². The molecule has 0 aliphatic rings. The van der Waals surface area contributed by atoms with Crippen molar-refractivity contribution in [3.8, 4) is 11.3 Å². The van der Waals surface area contributed by atoms with Crippen LogP contribution in [0.25, 0.3) is 16.2 Å². The van der Waals surface area contributed by atoms with Crippen molar-refractivity contribution in [2.45, 2.75) is 6.42 Å². The number of hydrogen-bond donors (Lipinski definition) is 1. The molecule has 1 amide bonds. The number of amides is 1. The smallest absolute Gasteiger partial charge is 0.253 e. The summed E-state index contributed by atoms with van der Waals surface area (Å²) in [5.74, 6) is -0.0262. The summed E-state index contributed by atoms with van der Waals surface area (Å²) < 4.78 is 1.77. The van der Waals surface area contributed by atoms with Crippen molar-refractivity contribution in [3.05, 3.63) is 66.1 Å². The molecule has 0 saturated heterocycles. The van der Waals surface area contributed by atoms with Gasteiger partial charge in [-0.15, -0.1) is 5.10 Å². The van der Waals surface area contributed by atoms with Crippen LogP contribution in [0.1, 0.15) is 15.9 Å². The number of anilines is 1. The molecule has 8 heteroatoms. The first-order valence-electron chi connectivity index (χ1n) is 8.91. The van der Waals surface area contributed by atoms with E-state index >= 15 is 0 Å². The van der Waals surface area contributed by atoms with Gasteiger partial charge in [-0.3, -0.25) is 9.78 Å². The summed E-state index contributed by atoms with van der Waals surface area (Å²) in [6.45, 7) is 0.794. The molecule has 1 N–H and O–H groups in total. The normalized spacial score (nSPS) is 10.9. The van der Waals surface area contributed by atoms with Crippen LogP contribution in [-0.2, 0) is 6.42 Å². The van der Waals surface area contributed by atoms with Gasteiger partial charge in [0.05, 0.1) is 11.9 Å². The summed E-state index contributed by atoms with van der Waals surface area (Å²) in [7, 11) is 3.49. The van der Waals surface area contributed by atoms with Crippen molar-refractivity contribution < 1.29 is 4.79 Å². The third kappa shape index (κ3) is 3.86. The van der Waals surface area contributed by atoms with Crippen molar-refractivity contribution in [3.63, 3.8) is 0 Å². The largest absolute Gasteiger partial charge is 0.360 e. The first-order chi connectivity index (χ1) is 13.6. The number of rotatable bonds is 6. The summed E-state index contributed by atoms with van der Waals surface area (Å²) in [4.78, 5) is 23.2. The molecule has 3 aromatic heterocycles. The molecule has 0 saturated carbocycles. The van der Waals surface area contributed by atoms with E-state index in [1.165, 1.54) is 16.9 Å². The van der Waals surface area contributed by atoms with E-state index in [-0.39, 0.29) is 5.91 Å². The van der Waals surface area contributed by atoms with Gasteiger partial charge >= 0.3 is 0 Å². The summed E-state index contributed by atoms with van der Waals surface area (Å²) in [5.41, 5.74) is 3.58. The maximum Gasteiger partial charge on any atom is 0.253 e. The van der Waals surface area contributed by atoms with Crippen LogP contribution in [-0.4, -0.2) is 51.0 Å². The zero-order valence-electron chi connectivity index (χ0n) is 15.7. The SMILES string of the molecule is CN(C)C(=O)c1cccc(-c2cn3nc(NCCc4ccncc4)sc3n2)c1. The number of nitrogens with one attached hydrogen (secondary N) is 1. The fourth-order valence-electron chi connectivity index (χ4n) is 2.84. The monoisotopic (exact) mass is 392 g/mol. The van der Waals surface area contributed by atoms with Gasteiger partial charge in [-0.25, -0.2) is 9.50 Å². The molecule has 4 aromatic rings. The zero-order chi connectivity index (χ0) is 19.5. The minimum atomic E-state index is -0.0262. The summed E-state index contributed by atoms with van der Waals surface area (Å²) in [6, 6.07) is 11.5. The van der Waals surface area contributed by atoms with Crippen LogP contribution in [0, 0.1) is 0 Å². The molecule has 3 heterocycles. The number of carbonyl (C=O) groups excluding carboxylic acids is 1. The predicted octanol–water partition coefficient (Wildman–Crippen LogP) is 3.21. The van der Waals surface area contributed by atoms with E-state index in [1.54, 1.807) is 35.9 Å². The molecule has 142 valence electrons. The molecule has 1 aromatic carbocycles. The van der Waals surface area contributed by atoms with Crippen LogP contribution in [0.3, 0.4) is 0 Å². The highest BCUT2D eigenvalue weighted by Gasteiger charge is 2.13. The Hall–Kier alpha value is -3.26. The summed E-state index contributed by atoms with van der Waals surface area (Å²) in [5, 5.41) is 8.72. The third-order valence-electron chi connectivity index (χ3n) is 4.29. The first kappa shape index (κ1) is 18.1. The lowest BCUT2D eigenvalue weighted by atomic mass is 10.1. The van der Waals surface area contributed by atoms with Gasteiger partial charge in [0.15, 0.2) is 0 Å². The second-order valence-corrected chi connectivity index (χ2v) is 7.53. The maximum absolute atomic E-state index is 12.2. The lowest BCUT2D eigenvalue weighted by Crippen LogP contribution is -2.21. The Kier molecular flexibility index (Phi) is 5.03. The van der Waals surface area contributed by atoms with Gasteiger partial charge in [0, 0.05) is 44.2 Å². The quantitative estimate of drug-likeness (QED) is 0.545. The fourth-order valence-corrected chi connectivity index (χ4v) is 3.65. The number of fused-ring (bicyclic) bond motifs is 1. The Morgan fingerprint density at radius 1 is 1.21 bits per heavy atom. The lowest BCUT2D eigenvalue weighted by molar-refractivity contribution is 0.0827. The van der Waals surface area contributed by atoms with Crippen LogP contribution in [0.2, 0.25) is 0 Å². The molecule has 0 radical (unpaired) electrons. The lowest BCUT2D eigenvalue weighted by Gasteiger charge is -2.10. The van der Waals surface area contributed by atoms with Crippen LogP contribution in [0.15, 0.2) is 55.0 Å². The van der Waals surface area contributed by atoms with Crippen molar-refractivity contribution in [1.29, 1.82) is 0 Å². The van der Waals surface area contributed by atoms with E-state index in [0.717, 1.165) is 34.3 Å². The molecular weight excluding hydrogens is 372 g/mol. The van der Waals surface area contributed by atoms with Crippen molar-refractivity contribution in [2.24, 2.45) is 0 Å². The van der Waals surface area contributed by atoms with E-state index in [4.69, 9.17) is 0 Å². The van der Waals surface area contributed by atoms with Gasteiger partial charge in [0.25, 0.3) is 5.91 Å². The minimum absolute atomic E-state index is 0.0262. The number of benzene rings is 1. The second kappa shape index (κ2) is 7.77. The van der Waals surface area contributed by atoms with E-state index in [9.17, 15) is 4.79 Å². The van der Waals surface area contributed by atoms with Gasteiger partial charge in [0.2, 0.25) is 10.1 Å². The highest BCUT2D eigenvalue weighted by atomic mass is 32.1. The highest BCUT2D eigenvalue weighted by molar-refractivity contribution is 7.20. The molecule has 7 nitrogen and oxygen atoms in total.